The van der Waals surface area contributed by atoms with Gasteiger partial charge < -0.3 is 9.47 Å². The first-order valence-electron chi connectivity index (χ1n) is 6.95. The molecule has 6 heteroatoms. The quantitative estimate of drug-likeness (QED) is 0.792. The van der Waals surface area contributed by atoms with Crippen LogP contribution < -0.4 is 5.43 Å². The standard InChI is InChI=1S/C16H16O5S/c1-3-20-13(17)9-12-14(16(19)21-4-2)15(18)10-7-5-6-8-11(10)22-12/h5-8H,3-4,9H2,1-2H3. The van der Waals surface area contributed by atoms with Gasteiger partial charge in [0.05, 0.1) is 19.6 Å². The number of benzene rings is 1. The van der Waals surface area contributed by atoms with Crippen molar-refractivity contribution in [3.63, 3.8) is 0 Å². The second-order valence-corrected chi connectivity index (χ2v) is 5.56. The summed E-state index contributed by atoms with van der Waals surface area (Å²) in [5, 5.41) is 0.447. The van der Waals surface area contributed by atoms with Crippen LogP contribution in [-0.2, 0) is 20.7 Å². The van der Waals surface area contributed by atoms with Crippen LogP contribution in [0.25, 0.3) is 10.1 Å². The molecule has 0 aliphatic rings. The largest absolute Gasteiger partial charge is 0.466 e. The van der Waals surface area contributed by atoms with Gasteiger partial charge in [-0.2, -0.15) is 0 Å². The zero-order chi connectivity index (χ0) is 16.1. The summed E-state index contributed by atoms with van der Waals surface area (Å²) in [6, 6.07) is 6.98. The molecule has 0 unspecified atom stereocenters. The highest BCUT2D eigenvalue weighted by Gasteiger charge is 2.22. The van der Waals surface area contributed by atoms with E-state index in [2.05, 4.69) is 0 Å². The summed E-state index contributed by atoms with van der Waals surface area (Å²) in [6.07, 6.45) is -0.118. The summed E-state index contributed by atoms with van der Waals surface area (Å²) in [7, 11) is 0. The molecule has 0 atom stereocenters. The number of hydrogen-bond donors (Lipinski definition) is 0. The molecule has 2 rings (SSSR count). The van der Waals surface area contributed by atoms with Gasteiger partial charge in [-0.15, -0.1) is 11.3 Å². The van der Waals surface area contributed by atoms with Gasteiger partial charge in [-0.3, -0.25) is 9.59 Å². The molecule has 0 amide bonds. The molecule has 5 nitrogen and oxygen atoms in total. The van der Waals surface area contributed by atoms with Gasteiger partial charge >= 0.3 is 11.9 Å². The van der Waals surface area contributed by atoms with Gasteiger partial charge in [-0.1, -0.05) is 12.1 Å². The summed E-state index contributed by atoms with van der Waals surface area (Å²) in [5.41, 5.74) is -0.481. The summed E-state index contributed by atoms with van der Waals surface area (Å²) < 4.78 is 10.6. The van der Waals surface area contributed by atoms with E-state index in [1.807, 2.05) is 0 Å². The van der Waals surface area contributed by atoms with Crippen LogP contribution in [0.2, 0.25) is 0 Å². The van der Waals surface area contributed by atoms with E-state index in [1.54, 1.807) is 38.1 Å². The van der Waals surface area contributed by atoms with Crippen LogP contribution in [0, 0.1) is 0 Å². The monoisotopic (exact) mass is 320 g/mol. The van der Waals surface area contributed by atoms with Crippen LogP contribution in [0.5, 0.6) is 0 Å². The Morgan fingerprint density at radius 2 is 1.77 bits per heavy atom. The van der Waals surface area contributed by atoms with E-state index in [4.69, 9.17) is 9.47 Å². The molecular weight excluding hydrogens is 304 g/mol. The van der Waals surface area contributed by atoms with Crippen LogP contribution in [0.4, 0.5) is 0 Å². The van der Waals surface area contributed by atoms with Gasteiger partial charge in [0.1, 0.15) is 5.56 Å². The maximum absolute atomic E-state index is 12.6. The fraction of sp³-hybridized carbons (Fsp3) is 0.312. The minimum absolute atomic E-state index is 0.0707. The number of fused-ring (bicyclic) bond motifs is 1. The maximum atomic E-state index is 12.6. The zero-order valence-corrected chi connectivity index (χ0v) is 13.2. The first-order valence-corrected chi connectivity index (χ1v) is 7.77. The average molecular weight is 320 g/mol. The van der Waals surface area contributed by atoms with Crippen LogP contribution in [0.1, 0.15) is 29.1 Å². The number of carbonyl (C=O) groups excluding carboxylic acids is 2. The Bertz CT molecular complexity index is 763. The summed E-state index contributed by atoms with van der Waals surface area (Å²) in [4.78, 5) is 36.8. The molecule has 1 aromatic heterocycles. The van der Waals surface area contributed by atoms with E-state index < -0.39 is 17.4 Å². The molecule has 22 heavy (non-hydrogen) atoms. The third kappa shape index (κ3) is 3.33. The molecule has 0 saturated carbocycles. The lowest BCUT2D eigenvalue weighted by atomic mass is 10.1. The van der Waals surface area contributed by atoms with Crippen molar-refractivity contribution in [3.8, 4) is 0 Å². The van der Waals surface area contributed by atoms with Gasteiger partial charge in [0, 0.05) is 15.0 Å². The molecule has 0 bridgehead atoms. The predicted octanol–water partition coefficient (Wildman–Crippen LogP) is 2.54. The van der Waals surface area contributed by atoms with Crippen molar-refractivity contribution in [1.82, 2.24) is 0 Å². The van der Waals surface area contributed by atoms with Gasteiger partial charge in [0.25, 0.3) is 0 Å². The number of rotatable bonds is 5. The van der Waals surface area contributed by atoms with Gasteiger partial charge in [0.15, 0.2) is 0 Å². The minimum Gasteiger partial charge on any atom is -0.466 e. The van der Waals surface area contributed by atoms with E-state index in [-0.39, 0.29) is 25.2 Å². The molecule has 116 valence electrons. The molecule has 0 aliphatic heterocycles. The average Bonchev–Trinajstić information content (AvgIpc) is 2.48. The second kappa shape index (κ2) is 7.17. The summed E-state index contributed by atoms with van der Waals surface area (Å²) in [5.74, 6) is -1.17. The van der Waals surface area contributed by atoms with E-state index >= 15 is 0 Å². The predicted molar refractivity (Wildman–Crippen MR) is 84.4 cm³/mol. The Kier molecular flexibility index (Phi) is 5.27. The van der Waals surface area contributed by atoms with E-state index in [0.29, 0.717) is 10.3 Å². The topological polar surface area (TPSA) is 69.7 Å². The van der Waals surface area contributed by atoms with Gasteiger partial charge in [0.2, 0.25) is 5.43 Å². The Labute approximate surface area is 131 Å². The Morgan fingerprint density at radius 3 is 2.45 bits per heavy atom. The van der Waals surface area contributed by atoms with Crippen molar-refractivity contribution in [2.45, 2.75) is 20.3 Å². The van der Waals surface area contributed by atoms with Crippen molar-refractivity contribution >= 4 is 33.4 Å². The third-order valence-corrected chi connectivity index (χ3v) is 4.13. The maximum Gasteiger partial charge on any atom is 0.343 e. The molecular formula is C16H16O5S. The lowest BCUT2D eigenvalue weighted by molar-refractivity contribution is -0.142. The number of esters is 2. The van der Waals surface area contributed by atoms with Crippen LogP contribution >= 0.6 is 11.3 Å². The SMILES string of the molecule is CCOC(=O)Cc1sc2ccccc2c(=O)c1C(=O)OCC. The first-order chi connectivity index (χ1) is 10.6. The summed E-state index contributed by atoms with van der Waals surface area (Å²) in [6.45, 7) is 3.77. The molecule has 1 heterocycles. The molecule has 0 aliphatic carbocycles. The minimum atomic E-state index is -0.700. The lowest BCUT2D eigenvalue weighted by Gasteiger charge is -2.09. The molecule has 0 saturated heterocycles. The Balaban J connectivity index is 2.60. The summed E-state index contributed by atoms with van der Waals surface area (Å²) >= 11 is 1.23. The first kappa shape index (κ1) is 16.2. The highest BCUT2D eigenvalue weighted by molar-refractivity contribution is 7.18. The van der Waals surface area contributed by atoms with Crippen LogP contribution in [0.15, 0.2) is 29.1 Å². The van der Waals surface area contributed by atoms with Crippen molar-refractivity contribution < 1.29 is 19.1 Å². The zero-order valence-electron chi connectivity index (χ0n) is 12.4. The van der Waals surface area contributed by atoms with Gasteiger partial charge in [-0.25, -0.2) is 4.79 Å². The normalized spacial score (nSPS) is 10.5. The smallest absolute Gasteiger partial charge is 0.343 e. The second-order valence-electron chi connectivity index (χ2n) is 4.43. The Morgan fingerprint density at radius 1 is 1.09 bits per heavy atom. The number of carbonyl (C=O) groups is 2. The molecule has 1 aromatic carbocycles. The number of ether oxygens (including phenoxy) is 2. The fourth-order valence-electron chi connectivity index (χ4n) is 2.07. The molecule has 0 fully saturated rings. The van der Waals surface area contributed by atoms with Crippen molar-refractivity contribution in [2.24, 2.45) is 0 Å². The molecule has 2 aromatic rings. The fourth-order valence-corrected chi connectivity index (χ4v) is 3.22. The van der Waals surface area contributed by atoms with E-state index in [0.717, 1.165) is 4.70 Å². The van der Waals surface area contributed by atoms with Gasteiger partial charge in [-0.05, 0) is 26.0 Å². The highest BCUT2D eigenvalue weighted by Crippen LogP contribution is 2.23. The molecule has 0 N–H and O–H groups in total. The molecule has 0 radical (unpaired) electrons. The van der Waals surface area contributed by atoms with Crippen molar-refractivity contribution in [3.05, 3.63) is 44.9 Å². The lowest BCUT2D eigenvalue weighted by Crippen LogP contribution is -2.21. The molecule has 0 spiro atoms. The van der Waals surface area contributed by atoms with Crippen LogP contribution in [0.3, 0.4) is 0 Å². The van der Waals surface area contributed by atoms with Crippen molar-refractivity contribution in [2.75, 3.05) is 13.2 Å². The van der Waals surface area contributed by atoms with Crippen LogP contribution in [-0.4, -0.2) is 25.2 Å². The van der Waals surface area contributed by atoms with E-state index in [1.165, 1.54) is 11.3 Å². The highest BCUT2D eigenvalue weighted by atomic mass is 32.1. The number of hydrogen-bond acceptors (Lipinski definition) is 6. The van der Waals surface area contributed by atoms with Crippen molar-refractivity contribution in [1.29, 1.82) is 0 Å². The Hall–Kier alpha value is -2.21. The third-order valence-electron chi connectivity index (χ3n) is 2.96. The van der Waals surface area contributed by atoms with E-state index in [9.17, 15) is 14.4 Å².